The molecule has 1 saturated carbocycles. The maximum Gasteiger partial charge on any atom is 0.163 e. The van der Waals surface area contributed by atoms with Gasteiger partial charge in [0, 0.05) is 6.04 Å². The average Bonchev–Trinajstić information content (AvgIpc) is 2.33. The standard InChI is InChI=1S/C12H16N4/c1-9-2-4-10(5-3-9)14-12-7-6-11(8-13)15-16-12/h6-7,9-10H,2-5H2,1H3,(H,14,16). The first-order chi connectivity index (χ1) is 7.78. The Labute approximate surface area is 95.7 Å². The smallest absolute Gasteiger partial charge is 0.163 e. The zero-order valence-electron chi connectivity index (χ0n) is 9.48. The molecule has 1 aliphatic carbocycles. The summed E-state index contributed by atoms with van der Waals surface area (Å²) in [6, 6.07) is 5.99. The van der Waals surface area contributed by atoms with E-state index >= 15 is 0 Å². The zero-order valence-corrected chi connectivity index (χ0v) is 9.48. The SMILES string of the molecule is CC1CCC(Nc2ccc(C#N)nn2)CC1. The van der Waals surface area contributed by atoms with Crippen LogP contribution in [0.3, 0.4) is 0 Å². The van der Waals surface area contributed by atoms with Gasteiger partial charge in [-0.2, -0.15) is 5.26 Å². The Hall–Kier alpha value is -1.63. The van der Waals surface area contributed by atoms with Gasteiger partial charge in [-0.25, -0.2) is 0 Å². The lowest BCUT2D eigenvalue weighted by Gasteiger charge is -2.27. The molecule has 4 heteroatoms. The van der Waals surface area contributed by atoms with E-state index in [1.807, 2.05) is 12.1 Å². The van der Waals surface area contributed by atoms with Crippen molar-refractivity contribution in [1.29, 1.82) is 5.26 Å². The van der Waals surface area contributed by atoms with Gasteiger partial charge in [0.05, 0.1) is 0 Å². The van der Waals surface area contributed by atoms with Gasteiger partial charge in [-0.15, -0.1) is 10.2 Å². The molecule has 1 aromatic rings. The molecule has 0 bridgehead atoms. The van der Waals surface area contributed by atoms with E-state index in [-0.39, 0.29) is 0 Å². The summed E-state index contributed by atoms with van der Waals surface area (Å²) in [7, 11) is 0. The molecule has 2 rings (SSSR count). The molecular weight excluding hydrogens is 200 g/mol. The highest BCUT2D eigenvalue weighted by Gasteiger charge is 2.18. The van der Waals surface area contributed by atoms with Crippen molar-refractivity contribution >= 4 is 5.82 Å². The third-order valence-electron chi connectivity index (χ3n) is 3.15. The van der Waals surface area contributed by atoms with E-state index < -0.39 is 0 Å². The molecule has 1 heterocycles. The van der Waals surface area contributed by atoms with Crippen LogP contribution in [-0.4, -0.2) is 16.2 Å². The van der Waals surface area contributed by atoms with Crippen LogP contribution in [0.15, 0.2) is 12.1 Å². The average molecular weight is 216 g/mol. The summed E-state index contributed by atoms with van der Waals surface area (Å²) in [5, 5.41) is 19.8. The minimum Gasteiger partial charge on any atom is -0.366 e. The van der Waals surface area contributed by atoms with Crippen molar-refractivity contribution in [3.63, 3.8) is 0 Å². The lowest BCUT2D eigenvalue weighted by Crippen LogP contribution is -2.25. The fraction of sp³-hybridized carbons (Fsp3) is 0.583. The molecule has 0 amide bonds. The van der Waals surface area contributed by atoms with Crippen LogP contribution in [0.4, 0.5) is 5.82 Å². The normalized spacial score (nSPS) is 24.8. The summed E-state index contributed by atoms with van der Waals surface area (Å²) < 4.78 is 0. The number of hydrogen-bond donors (Lipinski definition) is 1. The van der Waals surface area contributed by atoms with E-state index in [4.69, 9.17) is 5.26 Å². The van der Waals surface area contributed by atoms with Crippen LogP contribution >= 0.6 is 0 Å². The second kappa shape index (κ2) is 4.93. The highest BCUT2D eigenvalue weighted by molar-refractivity contribution is 5.36. The molecule has 1 aliphatic rings. The summed E-state index contributed by atoms with van der Waals surface area (Å²) in [6.45, 7) is 2.30. The van der Waals surface area contributed by atoms with E-state index in [1.54, 1.807) is 6.07 Å². The number of hydrogen-bond acceptors (Lipinski definition) is 4. The van der Waals surface area contributed by atoms with Crippen molar-refractivity contribution in [2.45, 2.75) is 38.6 Å². The predicted octanol–water partition coefficient (Wildman–Crippen LogP) is 2.34. The largest absolute Gasteiger partial charge is 0.366 e. The van der Waals surface area contributed by atoms with E-state index in [9.17, 15) is 0 Å². The Morgan fingerprint density at radius 3 is 2.56 bits per heavy atom. The van der Waals surface area contributed by atoms with E-state index in [2.05, 4.69) is 22.4 Å². The minimum atomic E-state index is 0.364. The predicted molar refractivity (Wildman–Crippen MR) is 61.8 cm³/mol. The van der Waals surface area contributed by atoms with Crippen LogP contribution in [0, 0.1) is 17.2 Å². The molecule has 84 valence electrons. The second-order valence-corrected chi connectivity index (χ2v) is 4.52. The van der Waals surface area contributed by atoms with Gasteiger partial charge in [-0.05, 0) is 43.7 Å². The van der Waals surface area contributed by atoms with E-state index in [0.29, 0.717) is 11.7 Å². The van der Waals surface area contributed by atoms with Crippen LogP contribution in [0.1, 0.15) is 38.3 Å². The Morgan fingerprint density at radius 1 is 1.25 bits per heavy atom. The Morgan fingerprint density at radius 2 is 2.00 bits per heavy atom. The molecule has 0 spiro atoms. The van der Waals surface area contributed by atoms with Crippen LogP contribution in [0.5, 0.6) is 0 Å². The van der Waals surface area contributed by atoms with Crippen molar-refractivity contribution in [2.75, 3.05) is 5.32 Å². The van der Waals surface area contributed by atoms with Gasteiger partial charge in [0.1, 0.15) is 11.9 Å². The number of nitriles is 1. The molecular formula is C12H16N4. The molecule has 1 aromatic heterocycles. The topological polar surface area (TPSA) is 61.6 Å². The van der Waals surface area contributed by atoms with Crippen LogP contribution in [0.25, 0.3) is 0 Å². The van der Waals surface area contributed by atoms with Gasteiger partial charge in [0.25, 0.3) is 0 Å². The highest BCUT2D eigenvalue weighted by Crippen LogP contribution is 2.25. The summed E-state index contributed by atoms with van der Waals surface area (Å²) in [4.78, 5) is 0. The lowest BCUT2D eigenvalue weighted by molar-refractivity contribution is 0.360. The molecule has 0 aromatic carbocycles. The zero-order chi connectivity index (χ0) is 11.4. The molecule has 1 N–H and O–H groups in total. The molecule has 4 nitrogen and oxygen atoms in total. The molecule has 0 unspecified atom stereocenters. The molecule has 0 saturated heterocycles. The van der Waals surface area contributed by atoms with Crippen LogP contribution in [0.2, 0.25) is 0 Å². The second-order valence-electron chi connectivity index (χ2n) is 4.52. The van der Waals surface area contributed by atoms with Gasteiger partial charge in [-0.1, -0.05) is 6.92 Å². The van der Waals surface area contributed by atoms with E-state index in [0.717, 1.165) is 11.7 Å². The van der Waals surface area contributed by atoms with Crippen molar-refractivity contribution < 1.29 is 0 Å². The third-order valence-corrected chi connectivity index (χ3v) is 3.15. The quantitative estimate of drug-likeness (QED) is 0.824. The lowest BCUT2D eigenvalue weighted by atomic mass is 9.87. The van der Waals surface area contributed by atoms with Gasteiger partial charge >= 0.3 is 0 Å². The Kier molecular flexibility index (Phi) is 3.35. The van der Waals surface area contributed by atoms with Crippen molar-refractivity contribution in [3.8, 4) is 6.07 Å². The number of nitrogens with one attached hydrogen (secondary N) is 1. The first kappa shape index (κ1) is 10.9. The van der Waals surface area contributed by atoms with Gasteiger partial charge in [0.15, 0.2) is 5.69 Å². The highest BCUT2D eigenvalue weighted by atomic mass is 15.2. The molecule has 0 atom stereocenters. The molecule has 0 aliphatic heterocycles. The van der Waals surface area contributed by atoms with Crippen LogP contribution in [-0.2, 0) is 0 Å². The first-order valence-electron chi connectivity index (χ1n) is 5.78. The molecule has 0 radical (unpaired) electrons. The first-order valence-corrected chi connectivity index (χ1v) is 5.78. The van der Waals surface area contributed by atoms with Crippen molar-refractivity contribution in [1.82, 2.24) is 10.2 Å². The summed E-state index contributed by atoms with van der Waals surface area (Å²) in [5.41, 5.74) is 0.364. The summed E-state index contributed by atoms with van der Waals surface area (Å²) in [6.07, 6.45) is 4.95. The maximum absolute atomic E-state index is 8.61. The number of nitrogens with zero attached hydrogens (tertiary/aromatic N) is 3. The number of aromatic nitrogens is 2. The fourth-order valence-electron chi connectivity index (χ4n) is 2.08. The number of anilines is 1. The van der Waals surface area contributed by atoms with Gasteiger partial charge in [0.2, 0.25) is 0 Å². The van der Waals surface area contributed by atoms with Crippen molar-refractivity contribution in [3.05, 3.63) is 17.8 Å². The monoisotopic (exact) mass is 216 g/mol. The Bertz CT molecular complexity index is 371. The minimum absolute atomic E-state index is 0.364. The third kappa shape index (κ3) is 2.69. The fourth-order valence-corrected chi connectivity index (χ4v) is 2.08. The van der Waals surface area contributed by atoms with Gasteiger partial charge < -0.3 is 5.32 Å². The van der Waals surface area contributed by atoms with Crippen molar-refractivity contribution in [2.24, 2.45) is 5.92 Å². The van der Waals surface area contributed by atoms with E-state index in [1.165, 1.54) is 25.7 Å². The summed E-state index contributed by atoms with van der Waals surface area (Å²) >= 11 is 0. The maximum atomic E-state index is 8.61. The molecule has 1 fully saturated rings. The van der Waals surface area contributed by atoms with Gasteiger partial charge in [-0.3, -0.25) is 0 Å². The van der Waals surface area contributed by atoms with Crippen LogP contribution < -0.4 is 5.32 Å². The molecule has 16 heavy (non-hydrogen) atoms. The summed E-state index contributed by atoms with van der Waals surface area (Å²) in [5.74, 6) is 1.63. The Balaban J connectivity index is 1.91. The number of rotatable bonds is 2.